The normalized spacial score (nSPS) is 21.3. The molecule has 4 rings (SSSR count). The molecule has 2 fully saturated rings. The van der Waals surface area contributed by atoms with Crippen molar-refractivity contribution < 1.29 is 24.2 Å². The number of benzene rings is 2. The second kappa shape index (κ2) is 8.22. The largest absolute Gasteiger partial charge is 0.507 e. The van der Waals surface area contributed by atoms with Crippen LogP contribution in [0.15, 0.2) is 54.1 Å². The van der Waals surface area contributed by atoms with Gasteiger partial charge in [0.05, 0.1) is 31.4 Å². The lowest BCUT2D eigenvalue weighted by molar-refractivity contribution is -0.141. The molecule has 2 aromatic rings. The Bertz CT molecular complexity index is 1010. The molecule has 6 nitrogen and oxygen atoms in total. The number of amides is 1. The van der Waals surface area contributed by atoms with Crippen LogP contribution in [0.3, 0.4) is 0 Å². The van der Waals surface area contributed by atoms with E-state index >= 15 is 0 Å². The Morgan fingerprint density at radius 1 is 0.933 bits per heavy atom. The van der Waals surface area contributed by atoms with E-state index in [-0.39, 0.29) is 17.4 Å². The first-order valence-corrected chi connectivity index (χ1v) is 10.1. The molecule has 30 heavy (non-hydrogen) atoms. The maximum Gasteiger partial charge on any atom is 0.295 e. The minimum atomic E-state index is -0.714. The number of Topliss-reactive ketones (excluding diaryl/α,β-unsaturated/α-hetero) is 1. The van der Waals surface area contributed by atoms with E-state index in [1.807, 2.05) is 18.2 Å². The highest BCUT2D eigenvalue weighted by molar-refractivity contribution is 6.46. The lowest BCUT2D eigenvalue weighted by Gasteiger charge is -2.31. The van der Waals surface area contributed by atoms with E-state index in [9.17, 15) is 14.7 Å². The van der Waals surface area contributed by atoms with Gasteiger partial charge in [0, 0.05) is 11.6 Å². The Morgan fingerprint density at radius 2 is 1.53 bits per heavy atom. The smallest absolute Gasteiger partial charge is 0.295 e. The molecule has 0 radical (unpaired) electrons. The highest BCUT2D eigenvalue weighted by atomic mass is 16.5. The van der Waals surface area contributed by atoms with Gasteiger partial charge in [-0.15, -0.1) is 0 Å². The maximum atomic E-state index is 13.2. The molecule has 156 valence electrons. The molecular formula is C24H25NO5. The summed E-state index contributed by atoms with van der Waals surface area (Å²) in [7, 11) is 3.06. The molecule has 1 unspecified atom stereocenters. The van der Waals surface area contributed by atoms with Crippen LogP contribution in [0.5, 0.6) is 11.5 Å². The number of carbonyl (C=O) groups is 2. The van der Waals surface area contributed by atoms with Gasteiger partial charge in [-0.1, -0.05) is 43.2 Å². The van der Waals surface area contributed by atoms with E-state index in [0.717, 1.165) is 25.7 Å². The molecule has 2 aromatic carbocycles. The van der Waals surface area contributed by atoms with Crippen LogP contribution in [0.4, 0.5) is 0 Å². The molecular weight excluding hydrogens is 382 g/mol. The highest BCUT2D eigenvalue weighted by Gasteiger charge is 2.50. The van der Waals surface area contributed by atoms with Crippen molar-refractivity contribution in [3.05, 3.63) is 65.2 Å². The van der Waals surface area contributed by atoms with Crippen molar-refractivity contribution in [3.63, 3.8) is 0 Å². The van der Waals surface area contributed by atoms with Crippen LogP contribution in [0, 0.1) is 0 Å². The summed E-state index contributed by atoms with van der Waals surface area (Å²) in [5.74, 6) is -0.489. The van der Waals surface area contributed by atoms with E-state index in [2.05, 4.69) is 0 Å². The lowest BCUT2D eigenvalue weighted by atomic mass is 9.93. The van der Waals surface area contributed by atoms with Gasteiger partial charge in [-0.05, 0) is 31.0 Å². The number of hydrogen-bond acceptors (Lipinski definition) is 5. The number of aliphatic hydroxyl groups excluding tert-OH is 1. The number of methoxy groups -OCH3 is 2. The van der Waals surface area contributed by atoms with Crippen molar-refractivity contribution in [1.29, 1.82) is 0 Å². The number of nitrogens with zero attached hydrogens (tertiary/aromatic N) is 1. The van der Waals surface area contributed by atoms with Gasteiger partial charge < -0.3 is 19.5 Å². The van der Waals surface area contributed by atoms with Crippen LogP contribution in [-0.4, -0.2) is 42.0 Å². The molecule has 1 heterocycles. The standard InChI is InChI=1S/C24H25NO5/c1-29-18-13-7-5-11-16(18)21-20(22(26)17-12-6-8-14-19(17)30-2)23(27)24(28)25(21)15-9-3-4-10-15/h5-8,11-15,21,26H,3-4,9-10H2,1-2H3/b22-20+. The van der Waals surface area contributed by atoms with Crippen LogP contribution >= 0.6 is 0 Å². The van der Waals surface area contributed by atoms with E-state index in [1.165, 1.54) is 7.11 Å². The highest BCUT2D eigenvalue weighted by Crippen LogP contribution is 2.46. The molecule has 1 amide bonds. The molecule has 1 saturated heterocycles. The average Bonchev–Trinajstić information content (AvgIpc) is 3.40. The molecule has 2 aliphatic rings. The van der Waals surface area contributed by atoms with Crippen molar-refractivity contribution in [2.45, 2.75) is 37.8 Å². The summed E-state index contributed by atoms with van der Waals surface area (Å²) in [6.45, 7) is 0. The van der Waals surface area contributed by atoms with Crippen LogP contribution in [0.25, 0.3) is 5.76 Å². The topological polar surface area (TPSA) is 76.1 Å². The van der Waals surface area contributed by atoms with Crippen molar-refractivity contribution in [2.75, 3.05) is 14.2 Å². The van der Waals surface area contributed by atoms with Crippen LogP contribution in [0.1, 0.15) is 42.9 Å². The van der Waals surface area contributed by atoms with Crippen LogP contribution in [-0.2, 0) is 9.59 Å². The molecule has 0 bridgehead atoms. The number of hydrogen-bond donors (Lipinski definition) is 1. The Morgan fingerprint density at radius 3 is 2.20 bits per heavy atom. The first-order chi connectivity index (χ1) is 14.6. The number of ketones is 1. The van der Waals surface area contributed by atoms with E-state index in [1.54, 1.807) is 42.3 Å². The third kappa shape index (κ3) is 3.22. The summed E-state index contributed by atoms with van der Waals surface area (Å²) in [4.78, 5) is 28.0. The van der Waals surface area contributed by atoms with Gasteiger partial charge in [-0.25, -0.2) is 0 Å². The number of rotatable bonds is 5. The minimum Gasteiger partial charge on any atom is -0.507 e. The van der Waals surface area contributed by atoms with Gasteiger partial charge >= 0.3 is 0 Å². The van der Waals surface area contributed by atoms with E-state index in [0.29, 0.717) is 22.6 Å². The summed E-state index contributed by atoms with van der Waals surface area (Å²) in [5.41, 5.74) is 1.13. The molecule has 1 atom stereocenters. The van der Waals surface area contributed by atoms with Gasteiger partial charge in [0.2, 0.25) is 0 Å². The molecule has 1 N–H and O–H groups in total. The fraction of sp³-hybridized carbons (Fsp3) is 0.333. The van der Waals surface area contributed by atoms with Crippen molar-refractivity contribution >= 4 is 17.4 Å². The van der Waals surface area contributed by atoms with Crippen molar-refractivity contribution in [1.82, 2.24) is 4.90 Å². The van der Waals surface area contributed by atoms with Gasteiger partial charge in [0.15, 0.2) is 0 Å². The number of carbonyl (C=O) groups excluding carboxylic acids is 2. The number of para-hydroxylation sites is 2. The fourth-order valence-electron chi connectivity index (χ4n) is 4.59. The van der Waals surface area contributed by atoms with E-state index < -0.39 is 17.7 Å². The molecule has 6 heteroatoms. The second-order valence-electron chi connectivity index (χ2n) is 7.59. The Hall–Kier alpha value is -3.28. The number of ether oxygens (including phenoxy) is 2. The Labute approximate surface area is 175 Å². The summed E-state index contributed by atoms with van der Waals surface area (Å²) >= 11 is 0. The zero-order valence-corrected chi connectivity index (χ0v) is 17.1. The second-order valence-corrected chi connectivity index (χ2v) is 7.59. The predicted molar refractivity (Wildman–Crippen MR) is 112 cm³/mol. The van der Waals surface area contributed by atoms with Crippen molar-refractivity contribution in [2.24, 2.45) is 0 Å². The summed E-state index contributed by atoms with van der Waals surface area (Å²) in [6.07, 6.45) is 3.71. The van der Waals surface area contributed by atoms with Gasteiger partial charge in [-0.2, -0.15) is 0 Å². The summed E-state index contributed by atoms with van der Waals surface area (Å²) in [6, 6.07) is 13.5. The maximum absolute atomic E-state index is 13.2. The SMILES string of the molecule is COc1ccccc1/C(O)=C1\C(=O)C(=O)N(C2CCCC2)C1c1ccccc1OC. The van der Waals surface area contributed by atoms with Crippen LogP contribution in [0.2, 0.25) is 0 Å². The molecule has 1 aliphatic heterocycles. The lowest BCUT2D eigenvalue weighted by Crippen LogP contribution is -2.37. The number of aliphatic hydroxyl groups is 1. The van der Waals surface area contributed by atoms with Gasteiger partial charge in [0.25, 0.3) is 11.7 Å². The quantitative estimate of drug-likeness (QED) is 0.459. The van der Waals surface area contributed by atoms with Gasteiger partial charge in [0.1, 0.15) is 17.3 Å². The third-order valence-electron chi connectivity index (χ3n) is 5.99. The Kier molecular flexibility index (Phi) is 5.48. The molecule has 1 saturated carbocycles. The zero-order valence-electron chi connectivity index (χ0n) is 17.1. The number of likely N-dealkylation sites (tertiary alicyclic amines) is 1. The molecule has 1 aliphatic carbocycles. The summed E-state index contributed by atoms with van der Waals surface area (Å²) < 4.78 is 10.9. The average molecular weight is 407 g/mol. The van der Waals surface area contributed by atoms with E-state index in [4.69, 9.17) is 9.47 Å². The fourth-order valence-corrected chi connectivity index (χ4v) is 4.59. The first kappa shape index (κ1) is 20.0. The van der Waals surface area contributed by atoms with Gasteiger partial charge in [-0.3, -0.25) is 9.59 Å². The zero-order chi connectivity index (χ0) is 21.3. The van der Waals surface area contributed by atoms with Crippen molar-refractivity contribution in [3.8, 4) is 11.5 Å². The monoisotopic (exact) mass is 407 g/mol. The minimum absolute atomic E-state index is 0.0423. The van der Waals surface area contributed by atoms with Crippen LogP contribution < -0.4 is 9.47 Å². The summed E-state index contributed by atoms with van der Waals surface area (Å²) in [5, 5.41) is 11.2. The molecule has 0 spiro atoms. The third-order valence-corrected chi connectivity index (χ3v) is 5.99. The predicted octanol–water partition coefficient (Wildman–Crippen LogP) is 4.07. The molecule has 0 aromatic heterocycles. The Balaban J connectivity index is 1.95. The first-order valence-electron chi connectivity index (χ1n) is 10.1.